The van der Waals surface area contributed by atoms with Crippen molar-refractivity contribution >= 4 is 11.9 Å². The number of nitrogens with two attached hydrogens (primary N) is 2. The Labute approximate surface area is 162 Å². The highest BCUT2D eigenvalue weighted by atomic mass is 16.7. The molecule has 0 aliphatic rings. The lowest BCUT2D eigenvalue weighted by Crippen LogP contribution is -2.08. The van der Waals surface area contributed by atoms with Crippen LogP contribution in [-0.2, 0) is 9.47 Å². The smallest absolute Gasteiger partial charge is 0.220 e. The van der Waals surface area contributed by atoms with Gasteiger partial charge in [-0.1, -0.05) is 0 Å². The molecule has 0 bridgehead atoms. The van der Waals surface area contributed by atoms with Gasteiger partial charge >= 0.3 is 0 Å². The normalized spacial score (nSPS) is 10.8. The largest absolute Gasteiger partial charge is 0.467 e. The monoisotopic (exact) mass is 382 g/mol. The fourth-order valence-electron chi connectivity index (χ4n) is 2.59. The molecule has 0 saturated heterocycles. The number of hydrogen-bond acceptors (Lipinski definition) is 9. The molecule has 3 aromatic rings. The molecule has 9 nitrogen and oxygen atoms in total. The first-order valence-electron chi connectivity index (χ1n) is 8.61. The first-order valence-corrected chi connectivity index (χ1v) is 8.61. The molecule has 0 spiro atoms. The van der Waals surface area contributed by atoms with Crippen LogP contribution in [0.25, 0.3) is 22.5 Å². The van der Waals surface area contributed by atoms with E-state index in [1.807, 2.05) is 31.2 Å². The van der Waals surface area contributed by atoms with Crippen molar-refractivity contribution in [2.45, 2.75) is 6.92 Å². The van der Waals surface area contributed by atoms with Gasteiger partial charge in [0.2, 0.25) is 11.9 Å². The van der Waals surface area contributed by atoms with Gasteiger partial charge in [0.1, 0.15) is 5.75 Å². The maximum absolute atomic E-state index is 5.83. The van der Waals surface area contributed by atoms with Gasteiger partial charge in [-0.25, -0.2) is 19.9 Å². The fraction of sp³-hybridized carbons (Fsp3) is 0.263. The summed E-state index contributed by atoms with van der Waals surface area (Å²) >= 11 is 0. The highest BCUT2D eigenvalue weighted by Gasteiger charge is 2.13. The number of methoxy groups -OCH3 is 1. The second kappa shape index (κ2) is 9.07. The molecule has 0 saturated carbocycles. The number of rotatable bonds is 8. The van der Waals surface area contributed by atoms with Gasteiger partial charge in [0.25, 0.3) is 0 Å². The molecule has 9 heteroatoms. The van der Waals surface area contributed by atoms with E-state index in [0.29, 0.717) is 30.4 Å². The summed E-state index contributed by atoms with van der Waals surface area (Å²) in [4.78, 5) is 16.7. The number of nitrogen functional groups attached to an aromatic ring is 2. The van der Waals surface area contributed by atoms with Gasteiger partial charge in [-0.2, -0.15) is 0 Å². The Kier molecular flexibility index (Phi) is 6.30. The third-order valence-electron chi connectivity index (χ3n) is 3.83. The van der Waals surface area contributed by atoms with Crippen LogP contribution in [0.15, 0.2) is 36.5 Å². The Morgan fingerprint density at radius 3 is 2.50 bits per heavy atom. The number of aromatic nitrogens is 4. The number of aryl methyl sites for hydroxylation is 1. The quantitative estimate of drug-likeness (QED) is 0.444. The van der Waals surface area contributed by atoms with Crippen LogP contribution >= 0.6 is 0 Å². The first kappa shape index (κ1) is 19.5. The summed E-state index contributed by atoms with van der Waals surface area (Å²) in [7, 11) is 1.61. The molecule has 1 aromatic carbocycles. The van der Waals surface area contributed by atoms with E-state index in [-0.39, 0.29) is 18.7 Å². The van der Waals surface area contributed by atoms with Crippen molar-refractivity contribution in [3.63, 3.8) is 0 Å². The fourth-order valence-corrected chi connectivity index (χ4v) is 2.59. The third kappa shape index (κ3) is 4.90. The number of ether oxygens (including phenoxy) is 3. The second-order valence-corrected chi connectivity index (χ2v) is 5.93. The van der Waals surface area contributed by atoms with Gasteiger partial charge < -0.3 is 25.7 Å². The lowest BCUT2D eigenvalue weighted by atomic mass is 10.0. The molecule has 28 heavy (non-hydrogen) atoms. The standard InChI is InChI=1S/C19H22N6O3/c1-12-9-16(25-19(21)23-12)14-10-13(15-5-6-22-18(20)24-15)3-4-17(14)28-11-27-8-7-26-2/h3-6,9-10H,7-8,11H2,1-2H3,(H2,20,22,24)(H2,21,23,25). The Hall–Kier alpha value is -3.30. The lowest BCUT2D eigenvalue weighted by molar-refractivity contribution is -0.00822. The topological polar surface area (TPSA) is 131 Å². The summed E-state index contributed by atoms with van der Waals surface area (Å²) in [5.74, 6) is 0.989. The van der Waals surface area contributed by atoms with Gasteiger partial charge in [-0.15, -0.1) is 0 Å². The third-order valence-corrected chi connectivity index (χ3v) is 3.83. The van der Waals surface area contributed by atoms with Crippen molar-refractivity contribution in [1.29, 1.82) is 0 Å². The van der Waals surface area contributed by atoms with Crippen LogP contribution < -0.4 is 16.2 Å². The van der Waals surface area contributed by atoms with Crippen molar-refractivity contribution in [3.05, 3.63) is 42.2 Å². The zero-order valence-electron chi connectivity index (χ0n) is 15.8. The molecule has 0 aliphatic heterocycles. The van der Waals surface area contributed by atoms with E-state index < -0.39 is 0 Å². The van der Waals surface area contributed by atoms with Crippen LogP contribution in [0.4, 0.5) is 11.9 Å². The highest BCUT2D eigenvalue weighted by Crippen LogP contribution is 2.33. The Balaban J connectivity index is 1.97. The minimum atomic E-state index is 0.0791. The van der Waals surface area contributed by atoms with Crippen LogP contribution in [0.5, 0.6) is 5.75 Å². The molecule has 146 valence electrons. The average molecular weight is 382 g/mol. The lowest BCUT2D eigenvalue weighted by Gasteiger charge is -2.14. The predicted octanol–water partition coefficient (Wildman–Crippen LogP) is 2.07. The van der Waals surface area contributed by atoms with Gasteiger partial charge in [0.15, 0.2) is 6.79 Å². The van der Waals surface area contributed by atoms with E-state index in [2.05, 4.69) is 19.9 Å². The molecule has 2 aromatic heterocycles. The van der Waals surface area contributed by atoms with Crippen molar-refractivity contribution in [1.82, 2.24) is 19.9 Å². The van der Waals surface area contributed by atoms with E-state index in [1.54, 1.807) is 19.4 Å². The van der Waals surface area contributed by atoms with Crippen molar-refractivity contribution in [2.75, 3.05) is 38.6 Å². The Bertz CT molecular complexity index is 930. The predicted molar refractivity (Wildman–Crippen MR) is 105 cm³/mol. The average Bonchev–Trinajstić information content (AvgIpc) is 2.67. The van der Waals surface area contributed by atoms with Crippen molar-refractivity contribution in [2.24, 2.45) is 0 Å². The zero-order chi connectivity index (χ0) is 19.9. The molecular formula is C19H22N6O3. The summed E-state index contributed by atoms with van der Waals surface area (Å²) in [5, 5.41) is 0. The van der Waals surface area contributed by atoms with E-state index in [4.69, 9.17) is 25.7 Å². The number of hydrogen-bond donors (Lipinski definition) is 2. The molecule has 3 rings (SSSR count). The molecule has 0 unspecified atom stereocenters. The van der Waals surface area contributed by atoms with Crippen LogP contribution in [-0.4, -0.2) is 47.1 Å². The Morgan fingerprint density at radius 2 is 1.75 bits per heavy atom. The molecular weight excluding hydrogens is 360 g/mol. The summed E-state index contributed by atoms with van der Waals surface area (Å²) in [6.45, 7) is 2.86. The SMILES string of the molecule is COCCOCOc1ccc(-c2ccnc(N)n2)cc1-c1cc(C)nc(N)n1. The van der Waals surface area contributed by atoms with Crippen LogP contribution in [0.3, 0.4) is 0 Å². The van der Waals surface area contributed by atoms with E-state index in [1.165, 1.54) is 0 Å². The van der Waals surface area contributed by atoms with Crippen LogP contribution in [0.1, 0.15) is 5.69 Å². The second-order valence-electron chi connectivity index (χ2n) is 5.93. The summed E-state index contributed by atoms with van der Waals surface area (Å²) < 4.78 is 16.2. The maximum Gasteiger partial charge on any atom is 0.220 e. The van der Waals surface area contributed by atoms with Gasteiger partial charge in [0.05, 0.1) is 24.6 Å². The molecule has 2 heterocycles. The number of anilines is 2. The maximum atomic E-state index is 5.83. The highest BCUT2D eigenvalue weighted by molar-refractivity contribution is 5.75. The van der Waals surface area contributed by atoms with Gasteiger partial charge in [-0.05, 0) is 37.3 Å². The molecule has 0 fully saturated rings. The van der Waals surface area contributed by atoms with Crippen molar-refractivity contribution in [3.8, 4) is 28.3 Å². The van der Waals surface area contributed by atoms with E-state index in [0.717, 1.165) is 16.8 Å². The van der Waals surface area contributed by atoms with Gasteiger partial charge in [-0.3, -0.25) is 0 Å². The van der Waals surface area contributed by atoms with Crippen LogP contribution in [0.2, 0.25) is 0 Å². The molecule has 0 aliphatic carbocycles. The van der Waals surface area contributed by atoms with Crippen LogP contribution in [0, 0.1) is 6.92 Å². The summed E-state index contributed by atoms with van der Waals surface area (Å²) in [5.41, 5.74) is 15.2. The summed E-state index contributed by atoms with van der Waals surface area (Å²) in [6.07, 6.45) is 1.61. The number of benzene rings is 1. The molecule has 0 amide bonds. The molecule has 0 radical (unpaired) electrons. The van der Waals surface area contributed by atoms with Gasteiger partial charge in [0, 0.05) is 30.1 Å². The zero-order valence-corrected chi connectivity index (χ0v) is 15.8. The minimum Gasteiger partial charge on any atom is -0.467 e. The first-order chi connectivity index (χ1) is 13.6. The minimum absolute atomic E-state index is 0.0791. The summed E-state index contributed by atoms with van der Waals surface area (Å²) in [6, 6.07) is 9.24. The number of nitrogens with zero attached hydrogens (tertiary/aromatic N) is 4. The molecule has 0 atom stereocenters. The Morgan fingerprint density at radius 1 is 0.929 bits per heavy atom. The molecule has 4 N–H and O–H groups in total. The van der Waals surface area contributed by atoms with E-state index in [9.17, 15) is 0 Å². The van der Waals surface area contributed by atoms with Crippen molar-refractivity contribution < 1.29 is 14.2 Å². The van der Waals surface area contributed by atoms with E-state index >= 15 is 0 Å².